The second kappa shape index (κ2) is 6.50. The van der Waals surface area contributed by atoms with E-state index >= 15 is 0 Å². The van der Waals surface area contributed by atoms with E-state index in [-0.39, 0.29) is 11.8 Å². The van der Waals surface area contributed by atoms with Gasteiger partial charge in [-0.15, -0.1) is 0 Å². The van der Waals surface area contributed by atoms with Crippen LogP contribution in [0.3, 0.4) is 0 Å². The number of carbonyl (C=O) groups is 1. The molecule has 5 nitrogen and oxygen atoms in total. The Hall–Kier alpha value is -2.21. The fourth-order valence-corrected chi connectivity index (χ4v) is 2.87. The molecule has 0 atom stereocenters. The van der Waals surface area contributed by atoms with Crippen molar-refractivity contribution in [1.82, 2.24) is 0 Å². The first-order valence-corrected chi connectivity index (χ1v) is 8.03. The second-order valence-corrected chi connectivity index (χ2v) is 6.47. The second-order valence-electron chi connectivity index (χ2n) is 5.55. The third-order valence-electron chi connectivity index (χ3n) is 4.02. The lowest BCUT2D eigenvalue weighted by molar-refractivity contribution is -0.384. The number of nitro benzene ring substituents is 1. The molecule has 2 aromatic carbocycles. The van der Waals surface area contributed by atoms with E-state index in [0.29, 0.717) is 11.5 Å². The van der Waals surface area contributed by atoms with E-state index in [9.17, 15) is 14.9 Å². The molecule has 0 saturated heterocycles. The lowest BCUT2D eigenvalue weighted by Gasteiger charge is -2.35. The van der Waals surface area contributed by atoms with Crippen LogP contribution in [0, 0.1) is 10.1 Å². The summed E-state index contributed by atoms with van der Waals surface area (Å²) in [5.41, 5.74) is 1.54. The van der Waals surface area contributed by atoms with Gasteiger partial charge in [-0.2, -0.15) is 0 Å². The average molecular weight is 376 g/mol. The zero-order chi connectivity index (χ0) is 16.4. The Morgan fingerprint density at radius 1 is 1.09 bits per heavy atom. The Bertz CT molecular complexity index is 721. The number of halogens is 1. The highest BCUT2D eigenvalue weighted by Crippen LogP contribution is 2.39. The zero-order valence-corrected chi connectivity index (χ0v) is 13.7. The molecular weight excluding hydrogens is 362 g/mol. The molecule has 0 N–H and O–H groups in total. The molecule has 0 heterocycles. The molecule has 0 spiro atoms. The number of carbonyl (C=O) groups excluding carboxylic acids is 1. The van der Waals surface area contributed by atoms with Gasteiger partial charge in [0, 0.05) is 16.6 Å². The minimum atomic E-state index is -0.496. The van der Waals surface area contributed by atoms with Gasteiger partial charge in [0.05, 0.1) is 10.5 Å². The van der Waals surface area contributed by atoms with Gasteiger partial charge in [0.15, 0.2) is 0 Å². The topological polar surface area (TPSA) is 69.4 Å². The molecule has 1 fully saturated rings. The van der Waals surface area contributed by atoms with Crippen LogP contribution in [0.4, 0.5) is 5.69 Å². The normalized spacial score (nSPS) is 19.7. The van der Waals surface area contributed by atoms with Crippen molar-refractivity contribution < 1.29 is 14.5 Å². The van der Waals surface area contributed by atoms with Crippen LogP contribution in [0.1, 0.15) is 34.7 Å². The van der Waals surface area contributed by atoms with E-state index in [1.165, 1.54) is 29.8 Å². The van der Waals surface area contributed by atoms with Crippen molar-refractivity contribution >= 4 is 27.6 Å². The summed E-state index contributed by atoms with van der Waals surface area (Å²) in [4.78, 5) is 22.1. The molecule has 0 radical (unpaired) electrons. The van der Waals surface area contributed by atoms with Gasteiger partial charge in [-0.25, -0.2) is 4.79 Å². The quantitative estimate of drug-likeness (QED) is 0.449. The molecule has 0 aliphatic heterocycles. The van der Waals surface area contributed by atoms with Gasteiger partial charge < -0.3 is 4.74 Å². The van der Waals surface area contributed by atoms with Crippen LogP contribution in [-0.2, 0) is 4.74 Å². The lowest BCUT2D eigenvalue weighted by atomic mass is 9.77. The Morgan fingerprint density at radius 3 is 2.26 bits per heavy atom. The Morgan fingerprint density at radius 2 is 1.70 bits per heavy atom. The number of benzene rings is 2. The summed E-state index contributed by atoms with van der Waals surface area (Å²) in [6.45, 7) is 0. The zero-order valence-electron chi connectivity index (χ0n) is 12.1. The van der Waals surface area contributed by atoms with Crippen molar-refractivity contribution in [2.75, 3.05) is 0 Å². The van der Waals surface area contributed by atoms with E-state index in [1.807, 2.05) is 12.1 Å². The smallest absolute Gasteiger partial charge is 0.338 e. The first-order valence-electron chi connectivity index (χ1n) is 7.24. The van der Waals surface area contributed by atoms with Crippen molar-refractivity contribution in [3.8, 4) is 0 Å². The van der Waals surface area contributed by atoms with E-state index < -0.39 is 10.9 Å². The minimum Gasteiger partial charge on any atom is -0.459 e. The Balaban J connectivity index is 1.54. The van der Waals surface area contributed by atoms with Crippen LogP contribution in [0.2, 0.25) is 0 Å². The highest BCUT2D eigenvalue weighted by molar-refractivity contribution is 9.10. The molecule has 1 aliphatic carbocycles. The number of non-ortho nitro benzene ring substituents is 1. The van der Waals surface area contributed by atoms with Gasteiger partial charge in [-0.3, -0.25) is 10.1 Å². The van der Waals surface area contributed by atoms with E-state index in [4.69, 9.17) is 4.74 Å². The van der Waals surface area contributed by atoms with Crippen molar-refractivity contribution in [3.63, 3.8) is 0 Å². The molecule has 0 bridgehead atoms. The largest absolute Gasteiger partial charge is 0.459 e. The standard InChI is InChI=1S/C17H14BrNO4/c18-14-5-1-11(2-6-14)13-9-16(10-13)23-17(20)12-3-7-15(8-4-12)19(21)22/h1-8,13,16H,9-10H2. The van der Waals surface area contributed by atoms with Gasteiger partial charge in [-0.1, -0.05) is 28.1 Å². The maximum absolute atomic E-state index is 12.0. The summed E-state index contributed by atoms with van der Waals surface area (Å²) < 4.78 is 6.47. The predicted molar refractivity (Wildman–Crippen MR) is 88.4 cm³/mol. The minimum absolute atomic E-state index is 0.0412. The number of esters is 1. The van der Waals surface area contributed by atoms with Gasteiger partial charge in [0.25, 0.3) is 5.69 Å². The molecule has 0 unspecified atom stereocenters. The predicted octanol–water partition coefficient (Wildman–Crippen LogP) is 4.46. The highest BCUT2D eigenvalue weighted by Gasteiger charge is 2.33. The van der Waals surface area contributed by atoms with Crippen LogP contribution in [-0.4, -0.2) is 17.0 Å². The van der Waals surface area contributed by atoms with Gasteiger partial charge in [0.2, 0.25) is 0 Å². The van der Waals surface area contributed by atoms with Crippen molar-refractivity contribution in [3.05, 3.63) is 74.2 Å². The van der Waals surface area contributed by atoms with Crippen molar-refractivity contribution in [2.45, 2.75) is 24.9 Å². The van der Waals surface area contributed by atoms with Crippen LogP contribution < -0.4 is 0 Å². The molecule has 1 saturated carbocycles. The Labute approximate surface area is 141 Å². The fourth-order valence-electron chi connectivity index (χ4n) is 2.61. The number of hydrogen-bond donors (Lipinski definition) is 0. The molecule has 0 aromatic heterocycles. The number of nitrogens with zero attached hydrogens (tertiary/aromatic N) is 1. The Kier molecular flexibility index (Phi) is 4.43. The van der Waals surface area contributed by atoms with Crippen molar-refractivity contribution in [1.29, 1.82) is 0 Å². The van der Waals surface area contributed by atoms with E-state index in [2.05, 4.69) is 28.1 Å². The summed E-state index contributed by atoms with van der Waals surface area (Å²) in [6, 6.07) is 13.6. The van der Waals surface area contributed by atoms with Gasteiger partial charge in [0.1, 0.15) is 6.10 Å². The van der Waals surface area contributed by atoms with Crippen LogP contribution in [0.5, 0.6) is 0 Å². The van der Waals surface area contributed by atoms with E-state index in [1.54, 1.807) is 0 Å². The summed E-state index contributed by atoms with van der Waals surface area (Å²) in [5.74, 6) is -0.0167. The average Bonchev–Trinajstić information content (AvgIpc) is 2.51. The first kappa shape index (κ1) is 15.7. The molecule has 118 valence electrons. The highest BCUT2D eigenvalue weighted by atomic mass is 79.9. The molecule has 2 aromatic rings. The van der Waals surface area contributed by atoms with Gasteiger partial charge >= 0.3 is 5.97 Å². The lowest BCUT2D eigenvalue weighted by Crippen LogP contribution is -2.31. The molecule has 0 amide bonds. The molecule has 6 heteroatoms. The van der Waals surface area contributed by atoms with Gasteiger partial charge in [-0.05, 0) is 48.6 Å². The molecule has 1 aliphatic rings. The van der Waals surface area contributed by atoms with Crippen LogP contribution >= 0.6 is 15.9 Å². The monoisotopic (exact) mass is 375 g/mol. The maximum Gasteiger partial charge on any atom is 0.338 e. The third-order valence-corrected chi connectivity index (χ3v) is 4.55. The number of ether oxygens (including phenoxy) is 1. The number of nitro groups is 1. The molecular formula is C17H14BrNO4. The summed E-state index contributed by atoms with van der Waals surface area (Å²) in [6.07, 6.45) is 1.52. The van der Waals surface area contributed by atoms with Crippen molar-refractivity contribution in [2.24, 2.45) is 0 Å². The SMILES string of the molecule is O=C(OC1CC(c2ccc(Br)cc2)C1)c1ccc([N+](=O)[O-])cc1. The number of rotatable bonds is 4. The third kappa shape index (κ3) is 3.59. The molecule has 3 rings (SSSR count). The maximum atomic E-state index is 12.0. The molecule has 23 heavy (non-hydrogen) atoms. The van der Waals surface area contributed by atoms with Crippen LogP contribution in [0.15, 0.2) is 53.0 Å². The summed E-state index contributed by atoms with van der Waals surface area (Å²) >= 11 is 3.41. The van der Waals surface area contributed by atoms with Crippen LogP contribution in [0.25, 0.3) is 0 Å². The summed E-state index contributed by atoms with van der Waals surface area (Å²) in [5, 5.41) is 10.6. The summed E-state index contributed by atoms with van der Waals surface area (Å²) in [7, 11) is 0. The number of hydrogen-bond acceptors (Lipinski definition) is 4. The van der Waals surface area contributed by atoms with E-state index in [0.717, 1.165) is 17.3 Å². The fraction of sp³-hybridized carbons (Fsp3) is 0.235. The first-order chi connectivity index (χ1) is 11.0.